The number of hydrogen-bond acceptors (Lipinski definition) is 3. The van der Waals surface area contributed by atoms with E-state index in [1.807, 2.05) is 0 Å². The van der Waals surface area contributed by atoms with E-state index in [0.29, 0.717) is 0 Å². The van der Waals surface area contributed by atoms with Crippen LogP contribution in [0.15, 0.2) is 18.2 Å². The molecule has 1 N–H and O–H groups in total. The maximum absolute atomic E-state index is 10.3. The van der Waals surface area contributed by atoms with Crippen molar-refractivity contribution in [3.63, 3.8) is 0 Å². The molecule has 13 heavy (non-hydrogen) atoms. The fraction of sp³-hybridized carbons (Fsp3) is 0. The van der Waals surface area contributed by atoms with E-state index in [9.17, 15) is 13.0 Å². The molecule has 0 spiro atoms. The standard InChI is InChI=1S/C6H5Cl2NO3S/c7-4-2-1-3-5(8)6(4)9-13(10,11)12/h1-3,9H,(H,10,11,12)/p-1. The molecule has 0 fully saturated rings. The fourth-order valence-corrected chi connectivity index (χ4v) is 1.79. The van der Waals surface area contributed by atoms with E-state index < -0.39 is 10.3 Å². The second-order valence-electron chi connectivity index (χ2n) is 2.15. The Morgan fingerprint density at radius 2 is 1.69 bits per heavy atom. The highest BCUT2D eigenvalue weighted by molar-refractivity contribution is 7.87. The van der Waals surface area contributed by atoms with Crippen LogP contribution in [0.2, 0.25) is 10.0 Å². The molecule has 0 saturated heterocycles. The molecule has 0 heterocycles. The molecule has 0 aromatic heterocycles. The van der Waals surface area contributed by atoms with Gasteiger partial charge in [0.25, 0.3) is 0 Å². The van der Waals surface area contributed by atoms with Crippen molar-refractivity contribution in [2.24, 2.45) is 0 Å². The van der Waals surface area contributed by atoms with Crippen LogP contribution >= 0.6 is 23.2 Å². The normalized spacial score (nSPS) is 11.3. The lowest BCUT2D eigenvalue weighted by Crippen LogP contribution is -2.11. The van der Waals surface area contributed by atoms with Crippen LogP contribution in [-0.4, -0.2) is 13.0 Å². The van der Waals surface area contributed by atoms with E-state index in [0.717, 1.165) is 0 Å². The van der Waals surface area contributed by atoms with Gasteiger partial charge >= 0.3 is 0 Å². The molecule has 1 aromatic carbocycles. The molecule has 0 aliphatic carbocycles. The lowest BCUT2D eigenvalue weighted by atomic mass is 10.3. The molecule has 4 nitrogen and oxygen atoms in total. The molecule has 0 aliphatic heterocycles. The third-order valence-electron chi connectivity index (χ3n) is 1.19. The average Bonchev–Trinajstić information content (AvgIpc) is 1.95. The second-order valence-corrected chi connectivity index (χ2v) is 4.08. The molecule has 0 amide bonds. The van der Waals surface area contributed by atoms with E-state index in [2.05, 4.69) is 0 Å². The third-order valence-corrected chi connectivity index (χ3v) is 2.27. The van der Waals surface area contributed by atoms with Crippen molar-refractivity contribution in [1.29, 1.82) is 0 Å². The summed E-state index contributed by atoms with van der Waals surface area (Å²) in [4.78, 5) is 0. The monoisotopic (exact) mass is 240 g/mol. The van der Waals surface area contributed by atoms with Crippen molar-refractivity contribution in [3.8, 4) is 0 Å². The minimum absolute atomic E-state index is 0.0759. The first-order valence-corrected chi connectivity index (χ1v) is 5.24. The van der Waals surface area contributed by atoms with E-state index in [4.69, 9.17) is 23.2 Å². The van der Waals surface area contributed by atoms with Crippen LogP contribution in [0.4, 0.5) is 5.69 Å². The van der Waals surface area contributed by atoms with Gasteiger partial charge in [0.2, 0.25) is 0 Å². The van der Waals surface area contributed by atoms with Gasteiger partial charge < -0.3 is 4.55 Å². The van der Waals surface area contributed by atoms with Gasteiger partial charge in [0.05, 0.1) is 15.7 Å². The molecule has 0 unspecified atom stereocenters. The first-order valence-electron chi connectivity index (χ1n) is 3.08. The Bertz CT molecular complexity index is 398. The van der Waals surface area contributed by atoms with Crippen LogP contribution in [0.5, 0.6) is 0 Å². The smallest absolute Gasteiger partial charge is 0.181 e. The number of rotatable bonds is 2. The molecule has 1 rings (SSSR count). The summed E-state index contributed by atoms with van der Waals surface area (Å²) in [6.45, 7) is 0. The summed E-state index contributed by atoms with van der Waals surface area (Å²) >= 11 is 11.2. The van der Waals surface area contributed by atoms with Gasteiger partial charge in [0.1, 0.15) is 0 Å². The highest BCUT2D eigenvalue weighted by Gasteiger charge is 2.06. The first kappa shape index (κ1) is 10.6. The molecule has 1 aromatic rings. The van der Waals surface area contributed by atoms with E-state index in [1.54, 1.807) is 4.72 Å². The third kappa shape index (κ3) is 3.04. The van der Waals surface area contributed by atoms with E-state index in [-0.39, 0.29) is 15.7 Å². The Labute approximate surface area is 85.4 Å². The zero-order valence-electron chi connectivity index (χ0n) is 6.12. The molecular weight excluding hydrogens is 237 g/mol. The van der Waals surface area contributed by atoms with Gasteiger partial charge in [-0.1, -0.05) is 29.3 Å². The molecule has 0 bridgehead atoms. The van der Waals surface area contributed by atoms with Crippen LogP contribution < -0.4 is 4.72 Å². The Balaban J connectivity index is 3.15. The van der Waals surface area contributed by atoms with Crippen molar-refractivity contribution in [2.75, 3.05) is 4.72 Å². The minimum Gasteiger partial charge on any atom is -0.731 e. The van der Waals surface area contributed by atoms with Gasteiger partial charge in [-0.2, -0.15) is 0 Å². The number of benzene rings is 1. The van der Waals surface area contributed by atoms with Crippen LogP contribution in [0, 0.1) is 0 Å². The summed E-state index contributed by atoms with van der Waals surface area (Å²) in [5, 5.41) is 0.152. The number of halogens is 2. The molecule has 0 radical (unpaired) electrons. The van der Waals surface area contributed by atoms with Crippen molar-refractivity contribution in [2.45, 2.75) is 0 Å². The maximum atomic E-state index is 10.3. The lowest BCUT2D eigenvalue weighted by Gasteiger charge is -2.12. The Kier molecular flexibility index (Phi) is 3.02. The molecule has 72 valence electrons. The largest absolute Gasteiger partial charge is 0.731 e. The van der Waals surface area contributed by atoms with Gasteiger partial charge in [-0.05, 0) is 12.1 Å². The minimum atomic E-state index is -4.59. The van der Waals surface area contributed by atoms with Crippen LogP contribution in [0.1, 0.15) is 0 Å². The Morgan fingerprint density at radius 1 is 1.23 bits per heavy atom. The van der Waals surface area contributed by atoms with Gasteiger partial charge in [0, 0.05) is 0 Å². The maximum Gasteiger partial charge on any atom is 0.181 e. The first-order chi connectivity index (χ1) is 5.90. The van der Waals surface area contributed by atoms with Gasteiger partial charge in [-0.25, -0.2) is 8.42 Å². The van der Waals surface area contributed by atoms with Crippen LogP contribution in [0.25, 0.3) is 0 Å². The molecule has 0 saturated carbocycles. The fourth-order valence-electron chi connectivity index (χ4n) is 0.720. The summed E-state index contributed by atoms with van der Waals surface area (Å²) in [7, 11) is -4.59. The lowest BCUT2D eigenvalue weighted by molar-refractivity contribution is 0.469. The zero-order valence-corrected chi connectivity index (χ0v) is 8.45. The van der Waals surface area contributed by atoms with Gasteiger partial charge in [-0.3, -0.25) is 4.72 Å². The average molecular weight is 241 g/mol. The van der Waals surface area contributed by atoms with E-state index >= 15 is 0 Å². The Morgan fingerprint density at radius 3 is 2.08 bits per heavy atom. The molecule has 0 atom stereocenters. The van der Waals surface area contributed by atoms with Crippen molar-refractivity contribution < 1.29 is 13.0 Å². The van der Waals surface area contributed by atoms with Crippen molar-refractivity contribution in [3.05, 3.63) is 28.2 Å². The topological polar surface area (TPSA) is 69.2 Å². The second kappa shape index (κ2) is 3.71. The predicted molar refractivity (Wildman–Crippen MR) is 49.8 cm³/mol. The summed E-state index contributed by atoms with van der Waals surface area (Å²) in [5.74, 6) is 0. The zero-order chi connectivity index (χ0) is 10.1. The molecule has 0 aliphatic rings. The highest BCUT2D eigenvalue weighted by Crippen LogP contribution is 2.30. The van der Waals surface area contributed by atoms with Crippen LogP contribution in [-0.2, 0) is 10.3 Å². The number of hydrogen-bond donors (Lipinski definition) is 1. The van der Waals surface area contributed by atoms with Gasteiger partial charge in [-0.15, -0.1) is 0 Å². The van der Waals surface area contributed by atoms with Crippen molar-refractivity contribution >= 4 is 39.2 Å². The summed E-state index contributed by atoms with van der Waals surface area (Å²) in [5.41, 5.74) is -0.0965. The SMILES string of the molecule is O=S(=O)([O-])Nc1c(Cl)cccc1Cl. The number of para-hydroxylation sites is 1. The number of anilines is 1. The quantitative estimate of drug-likeness (QED) is 0.803. The summed E-state index contributed by atoms with van der Waals surface area (Å²) < 4.78 is 32.6. The number of nitrogens with one attached hydrogen (secondary N) is 1. The summed E-state index contributed by atoms with van der Waals surface area (Å²) in [6, 6.07) is 4.37. The Hall–Kier alpha value is -0.490. The molecule has 7 heteroatoms. The van der Waals surface area contributed by atoms with Crippen LogP contribution in [0.3, 0.4) is 0 Å². The van der Waals surface area contributed by atoms with Crippen molar-refractivity contribution in [1.82, 2.24) is 0 Å². The molecular formula is C6H4Cl2NO3S-. The predicted octanol–water partition coefficient (Wildman–Crippen LogP) is 1.87. The summed E-state index contributed by atoms with van der Waals surface area (Å²) in [6.07, 6.45) is 0. The van der Waals surface area contributed by atoms with E-state index in [1.165, 1.54) is 18.2 Å². The highest BCUT2D eigenvalue weighted by atomic mass is 35.5. The van der Waals surface area contributed by atoms with Gasteiger partial charge in [0.15, 0.2) is 10.3 Å².